The normalized spacial score (nSPS) is 12.0. The van der Waals surface area contributed by atoms with Crippen LogP contribution >= 0.6 is 0 Å². The Morgan fingerprint density at radius 2 is 1.88 bits per heavy atom. The van der Waals surface area contributed by atoms with Crippen molar-refractivity contribution < 1.29 is 8.42 Å². The summed E-state index contributed by atoms with van der Waals surface area (Å²) in [5.74, 6) is 0. The van der Waals surface area contributed by atoms with Crippen molar-refractivity contribution in [2.24, 2.45) is 5.73 Å². The van der Waals surface area contributed by atoms with Gasteiger partial charge in [-0.2, -0.15) is 12.7 Å². The molecule has 0 atom stereocenters. The van der Waals surface area contributed by atoms with Crippen molar-refractivity contribution >= 4 is 10.2 Å². The van der Waals surface area contributed by atoms with Crippen molar-refractivity contribution in [2.75, 3.05) is 13.6 Å². The number of rotatable bonds is 6. The standard InChI is InChI=1S/C11H19N3O2S/c1-3-14(17(15,16)13-2)9-11-7-5-4-6-10(11)8-12/h4-7,13H,3,8-9,12H2,1-2H3. The lowest BCUT2D eigenvalue weighted by Crippen LogP contribution is -2.38. The lowest BCUT2D eigenvalue weighted by atomic mass is 10.1. The molecule has 5 nitrogen and oxygen atoms in total. The first-order chi connectivity index (χ1) is 8.05. The number of hydrogen-bond donors (Lipinski definition) is 2. The van der Waals surface area contributed by atoms with E-state index in [0.717, 1.165) is 11.1 Å². The fraction of sp³-hybridized carbons (Fsp3) is 0.455. The molecule has 6 heteroatoms. The van der Waals surface area contributed by atoms with Crippen molar-refractivity contribution in [1.29, 1.82) is 0 Å². The van der Waals surface area contributed by atoms with Crippen LogP contribution < -0.4 is 10.5 Å². The second-order valence-electron chi connectivity index (χ2n) is 3.61. The number of nitrogens with zero attached hydrogens (tertiary/aromatic N) is 1. The average molecular weight is 257 g/mol. The maximum absolute atomic E-state index is 11.7. The van der Waals surface area contributed by atoms with Gasteiger partial charge in [0.1, 0.15) is 0 Å². The Hall–Kier alpha value is -0.950. The smallest absolute Gasteiger partial charge is 0.279 e. The van der Waals surface area contributed by atoms with E-state index in [1.165, 1.54) is 11.4 Å². The van der Waals surface area contributed by atoms with E-state index in [-0.39, 0.29) is 0 Å². The molecule has 0 radical (unpaired) electrons. The lowest BCUT2D eigenvalue weighted by molar-refractivity contribution is 0.416. The van der Waals surface area contributed by atoms with Gasteiger partial charge in [-0.05, 0) is 11.1 Å². The maximum atomic E-state index is 11.7. The van der Waals surface area contributed by atoms with Gasteiger partial charge in [-0.1, -0.05) is 31.2 Å². The molecule has 0 bridgehead atoms. The first-order valence-electron chi connectivity index (χ1n) is 5.50. The summed E-state index contributed by atoms with van der Waals surface area (Å²) in [5, 5.41) is 0. The van der Waals surface area contributed by atoms with Gasteiger partial charge in [0.05, 0.1) is 0 Å². The molecule has 0 saturated carbocycles. The third-order valence-corrected chi connectivity index (χ3v) is 4.22. The summed E-state index contributed by atoms with van der Waals surface area (Å²) in [6.07, 6.45) is 0. The molecule has 0 aromatic heterocycles. The monoisotopic (exact) mass is 257 g/mol. The Morgan fingerprint density at radius 1 is 1.29 bits per heavy atom. The van der Waals surface area contributed by atoms with Crippen molar-refractivity contribution in [3.8, 4) is 0 Å². The zero-order chi connectivity index (χ0) is 12.9. The molecule has 17 heavy (non-hydrogen) atoms. The molecule has 3 N–H and O–H groups in total. The molecule has 0 saturated heterocycles. The van der Waals surface area contributed by atoms with E-state index in [1.807, 2.05) is 24.3 Å². The fourth-order valence-corrected chi connectivity index (χ4v) is 2.50. The minimum Gasteiger partial charge on any atom is -0.326 e. The topological polar surface area (TPSA) is 75.4 Å². The highest BCUT2D eigenvalue weighted by Crippen LogP contribution is 2.12. The summed E-state index contributed by atoms with van der Waals surface area (Å²) in [7, 11) is -1.98. The highest BCUT2D eigenvalue weighted by molar-refractivity contribution is 7.87. The summed E-state index contributed by atoms with van der Waals surface area (Å²) in [5.41, 5.74) is 7.54. The van der Waals surface area contributed by atoms with E-state index in [1.54, 1.807) is 6.92 Å². The Kier molecular flexibility index (Phi) is 5.07. The van der Waals surface area contributed by atoms with Crippen LogP contribution in [0.3, 0.4) is 0 Å². The van der Waals surface area contributed by atoms with E-state index < -0.39 is 10.2 Å². The molecule has 0 fully saturated rings. The molecule has 1 rings (SSSR count). The molecule has 0 unspecified atom stereocenters. The predicted octanol–water partition coefficient (Wildman–Crippen LogP) is 0.431. The Morgan fingerprint density at radius 3 is 2.35 bits per heavy atom. The lowest BCUT2D eigenvalue weighted by Gasteiger charge is -2.20. The molecule has 96 valence electrons. The molecule has 0 spiro atoms. The van der Waals surface area contributed by atoms with Crippen LogP contribution in [0, 0.1) is 0 Å². The molecule has 0 amide bonds. The second-order valence-corrected chi connectivity index (χ2v) is 5.48. The predicted molar refractivity (Wildman–Crippen MR) is 68.4 cm³/mol. The third-order valence-electron chi connectivity index (χ3n) is 2.64. The minimum atomic E-state index is -3.39. The second kappa shape index (κ2) is 6.11. The van der Waals surface area contributed by atoms with Gasteiger partial charge < -0.3 is 5.73 Å². The Balaban J connectivity index is 2.96. The van der Waals surface area contributed by atoms with Crippen LogP contribution in [0.5, 0.6) is 0 Å². The molecule has 0 aliphatic heterocycles. The SMILES string of the molecule is CCN(Cc1ccccc1CN)S(=O)(=O)NC. The molecule has 1 aromatic rings. The van der Waals surface area contributed by atoms with Gasteiger partial charge in [-0.15, -0.1) is 0 Å². The van der Waals surface area contributed by atoms with Crippen LogP contribution in [0.15, 0.2) is 24.3 Å². The van der Waals surface area contributed by atoms with Crippen molar-refractivity contribution in [1.82, 2.24) is 9.03 Å². The van der Waals surface area contributed by atoms with Crippen LogP contribution in [-0.2, 0) is 23.3 Å². The Bertz CT molecular complexity index is 460. The molecule has 0 aliphatic rings. The van der Waals surface area contributed by atoms with Crippen molar-refractivity contribution in [3.63, 3.8) is 0 Å². The van der Waals surface area contributed by atoms with Gasteiger partial charge in [-0.25, -0.2) is 4.72 Å². The maximum Gasteiger partial charge on any atom is 0.279 e. The first kappa shape index (κ1) is 14.1. The zero-order valence-electron chi connectivity index (χ0n) is 10.2. The average Bonchev–Trinajstić information content (AvgIpc) is 2.36. The molecule has 1 aromatic carbocycles. The number of nitrogens with two attached hydrogens (primary N) is 1. The molecule has 0 heterocycles. The van der Waals surface area contributed by atoms with Gasteiger partial charge in [0.25, 0.3) is 10.2 Å². The molecule has 0 aliphatic carbocycles. The van der Waals surface area contributed by atoms with E-state index in [4.69, 9.17) is 5.73 Å². The summed E-state index contributed by atoms with van der Waals surface area (Å²) in [4.78, 5) is 0. The van der Waals surface area contributed by atoms with Gasteiger partial charge in [-0.3, -0.25) is 0 Å². The van der Waals surface area contributed by atoms with Gasteiger partial charge in [0.2, 0.25) is 0 Å². The first-order valence-corrected chi connectivity index (χ1v) is 6.94. The molecular formula is C11H19N3O2S. The number of benzene rings is 1. The van der Waals surface area contributed by atoms with Gasteiger partial charge in [0, 0.05) is 26.7 Å². The van der Waals surface area contributed by atoms with Gasteiger partial charge in [0.15, 0.2) is 0 Å². The molecular weight excluding hydrogens is 238 g/mol. The minimum absolute atomic E-state index is 0.340. The third kappa shape index (κ3) is 3.50. The van der Waals surface area contributed by atoms with Crippen molar-refractivity contribution in [3.05, 3.63) is 35.4 Å². The van der Waals surface area contributed by atoms with Crippen LogP contribution in [0.4, 0.5) is 0 Å². The highest BCUT2D eigenvalue weighted by Gasteiger charge is 2.18. The quantitative estimate of drug-likeness (QED) is 0.776. The summed E-state index contributed by atoms with van der Waals surface area (Å²) in [6, 6.07) is 7.59. The number of nitrogens with one attached hydrogen (secondary N) is 1. The number of hydrogen-bond acceptors (Lipinski definition) is 3. The highest BCUT2D eigenvalue weighted by atomic mass is 32.2. The van der Waals surface area contributed by atoms with Crippen molar-refractivity contribution in [2.45, 2.75) is 20.0 Å². The summed E-state index contributed by atoms with van der Waals surface area (Å²) < 4.78 is 27.1. The Labute approximate surface area is 103 Å². The van der Waals surface area contributed by atoms with E-state index in [0.29, 0.717) is 19.6 Å². The summed E-state index contributed by atoms with van der Waals surface area (Å²) in [6.45, 7) is 2.97. The van der Waals surface area contributed by atoms with Crippen LogP contribution in [0.2, 0.25) is 0 Å². The zero-order valence-corrected chi connectivity index (χ0v) is 11.0. The van der Waals surface area contributed by atoms with E-state index >= 15 is 0 Å². The van der Waals surface area contributed by atoms with E-state index in [2.05, 4.69) is 4.72 Å². The largest absolute Gasteiger partial charge is 0.326 e. The van der Waals surface area contributed by atoms with E-state index in [9.17, 15) is 8.42 Å². The van der Waals surface area contributed by atoms with Gasteiger partial charge >= 0.3 is 0 Å². The summed E-state index contributed by atoms with van der Waals surface area (Å²) >= 11 is 0. The van der Waals surface area contributed by atoms with Crippen LogP contribution in [-0.4, -0.2) is 26.3 Å². The fourth-order valence-electron chi connectivity index (χ4n) is 1.60. The van der Waals surface area contributed by atoms with Crippen LogP contribution in [0.25, 0.3) is 0 Å². The van der Waals surface area contributed by atoms with Crippen LogP contribution in [0.1, 0.15) is 18.1 Å².